The lowest BCUT2D eigenvalue weighted by Gasteiger charge is -2.28. The van der Waals surface area contributed by atoms with Crippen LogP contribution in [0.15, 0.2) is 6.07 Å². The number of nitrogens with one attached hydrogen (secondary N) is 1. The fraction of sp³-hybridized carbons (Fsp3) is 0.692. The molecule has 18 heavy (non-hydrogen) atoms. The summed E-state index contributed by atoms with van der Waals surface area (Å²) in [6.07, 6.45) is 2.29. The van der Waals surface area contributed by atoms with Gasteiger partial charge in [-0.05, 0) is 25.7 Å². The van der Waals surface area contributed by atoms with E-state index in [1.54, 1.807) is 0 Å². The highest BCUT2D eigenvalue weighted by molar-refractivity contribution is 5.48. The highest BCUT2D eigenvalue weighted by Gasteiger charge is 2.17. The number of rotatable bonds is 4. The third kappa shape index (κ3) is 3.32. The summed E-state index contributed by atoms with van der Waals surface area (Å²) >= 11 is 0. The molecule has 2 heterocycles. The van der Waals surface area contributed by atoms with Crippen molar-refractivity contribution in [2.45, 2.75) is 19.8 Å². The largest absolute Gasteiger partial charge is 0.381 e. The summed E-state index contributed by atoms with van der Waals surface area (Å²) in [7, 11) is 3.97. The molecule has 5 nitrogen and oxygen atoms in total. The number of aryl methyl sites for hydroxylation is 1. The number of hydrogen-bond acceptors (Lipinski definition) is 5. The summed E-state index contributed by atoms with van der Waals surface area (Å²) in [6.45, 7) is 4.74. The zero-order chi connectivity index (χ0) is 13.0. The molecule has 0 bridgehead atoms. The Labute approximate surface area is 109 Å². The summed E-state index contributed by atoms with van der Waals surface area (Å²) in [6, 6.07) is 1.99. The van der Waals surface area contributed by atoms with Gasteiger partial charge in [-0.1, -0.05) is 0 Å². The second-order valence-corrected chi connectivity index (χ2v) is 4.84. The minimum absolute atomic E-state index is 0.706. The van der Waals surface area contributed by atoms with E-state index < -0.39 is 0 Å². The van der Waals surface area contributed by atoms with Crippen LogP contribution in [0.2, 0.25) is 0 Å². The molecule has 1 aromatic heterocycles. The van der Waals surface area contributed by atoms with E-state index in [-0.39, 0.29) is 0 Å². The molecule has 0 spiro atoms. The monoisotopic (exact) mass is 250 g/mol. The Morgan fingerprint density at radius 3 is 2.78 bits per heavy atom. The number of hydrogen-bond donors (Lipinski definition) is 1. The quantitative estimate of drug-likeness (QED) is 0.881. The van der Waals surface area contributed by atoms with Crippen molar-refractivity contribution in [1.82, 2.24) is 9.97 Å². The van der Waals surface area contributed by atoms with E-state index in [0.29, 0.717) is 5.92 Å². The van der Waals surface area contributed by atoms with Gasteiger partial charge < -0.3 is 15.0 Å². The van der Waals surface area contributed by atoms with Gasteiger partial charge in [0, 0.05) is 39.9 Å². The van der Waals surface area contributed by atoms with Crippen LogP contribution in [-0.4, -0.2) is 43.8 Å². The summed E-state index contributed by atoms with van der Waals surface area (Å²) in [5, 5.41) is 3.07. The molecule has 100 valence electrons. The maximum absolute atomic E-state index is 5.39. The smallest absolute Gasteiger partial charge is 0.134 e. The molecule has 0 radical (unpaired) electrons. The lowest BCUT2D eigenvalue weighted by atomic mass is 10.00. The zero-order valence-electron chi connectivity index (χ0n) is 11.4. The van der Waals surface area contributed by atoms with Crippen molar-refractivity contribution in [1.29, 1.82) is 0 Å². The van der Waals surface area contributed by atoms with Crippen molar-refractivity contribution in [2.24, 2.45) is 5.92 Å². The van der Waals surface area contributed by atoms with Gasteiger partial charge in [0.25, 0.3) is 0 Å². The predicted molar refractivity (Wildman–Crippen MR) is 73.1 cm³/mol. The van der Waals surface area contributed by atoms with E-state index in [4.69, 9.17) is 4.74 Å². The van der Waals surface area contributed by atoms with Crippen LogP contribution in [-0.2, 0) is 4.74 Å². The van der Waals surface area contributed by atoms with Crippen LogP contribution in [0.25, 0.3) is 0 Å². The number of anilines is 2. The predicted octanol–water partition coefficient (Wildman–Crippen LogP) is 1.69. The second kappa shape index (κ2) is 6.00. The van der Waals surface area contributed by atoms with Gasteiger partial charge in [0.2, 0.25) is 0 Å². The Hall–Kier alpha value is -1.36. The van der Waals surface area contributed by atoms with E-state index in [9.17, 15) is 0 Å². The minimum Gasteiger partial charge on any atom is -0.381 e. The van der Waals surface area contributed by atoms with Gasteiger partial charge >= 0.3 is 0 Å². The van der Waals surface area contributed by atoms with E-state index >= 15 is 0 Å². The summed E-state index contributed by atoms with van der Waals surface area (Å²) in [5.41, 5.74) is 0. The number of nitrogens with zero attached hydrogens (tertiary/aromatic N) is 3. The van der Waals surface area contributed by atoms with Gasteiger partial charge in [0.05, 0.1) is 0 Å². The van der Waals surface area contributed by atoms with Gasteiger partial charge in [-0.3, -0.25) is 0 Å². The fourth-order valence-electron chi connectivity index (χ4n) is 2.29. The molecule has 2 rings (SSSR count). The Kier molecular flexibility index (Phi) is 4.36. The van der Waals surface area contributed by atoms with Crippen LogP contribution in [0.4, 0.5) is 11.6 Å². The lowest BCUT2D eigenvalue weighted by Crippen LogP contribution is -2.30. The van der Waals surface area contributed by atoms with Crippen LogP contribution >= 0.6 is 0 Å². The molecule has 0 atom stereocenters. The van der Waals surface area contributed by atoms with Gasteiger partial charge in [0.15, 0.2) is 0 Å². The molecule has 1 N–H and O–H groups in total. The number of ether oxygens (including phenoxy) is 1. The van der Waals surface area contributed by atoms with Crippen LogP contribution in [0.1, 0.15) is 18.7 Å². The normalized spacial score (nSPS) is 16.6. The summed E-state index contributed by atoms with van der Waals surface area (Å²) < 4.78 is 5.39. The molecule has 0 unspecified atom stereocenters. The van der Waals surface area contributed by atoms with Crippen LogP contribution in [0.3, 0.4) is 0 Å². The Morgan fingerprint density at radius 1 is 1.39 bits per heavy atom. The molecule has 1 fully saturated rings. The third-order valence-corrected chi connectivity index (χ3v) is 3.34. The van der Waals surface area contributed by atoms with E-state index in [0.717, 1.165) is 50.1 Å². The maximum atomic E-state index is 5.39. The molecule has 5 heteroatoms. The topological polar surface area (TPSA) is 50.3 Å². The molecule has 1 saturated heterocycles. The Bertz CT molecular complexity index is 391. The van der Waals surface area contributed by atoms with Gasteiger partial charge in [-0.2, -0.15) is 0 Å². The number of aromatic nitrogens is 2. The summed E-state index contributed by atoms with van der Waals surface area (Å²) in [5.74, 6) is 3.36. The Morgan fingerprint density at radius 2 is 2.11 bits per heavy atom. The highest BCUT2D eigenvalue weighted by Crippen LogP contribution is 2.20. The maximum Gasteiger partial charge on any atom is 0.134 e. The minimum atomic E-state index is 0.706. The van der Waals surface area contributed by atoms with Crippen molar-refractivity contribution < 1.29 is 4.74 Å². The average molecular weight is 250 g/mol. The van der Waals surface area contributed by atoms with Crippen molar-refractivity contribution in [3.63, 3.8) is 0 Å². The zero-order valence-corrected chi connectivity index (χ0v) is 11.4. The van der Waals surface area contributed by atoms with Crippen LogP contribution < -0.4 is 10.2 Å². The first kappa shape index (κ1) is 13.1. The van der Waals surface area contributed by atoms with Gasteiger partial charge in [0.1, 0.15) is 17.5 Å². The van der Waals surface area contributed by atoms with E-state index in [1.165, 1.54) is 0 Å². The van der Waals surface area contributed by atoms with Crippen molar-refractivity contribution in [2.75, 3.05) is 44.1 Å². The van der Waals surface area contributed by atoms with Crippen molar-refractivity contribution in [3.05, 3.63) is 11.9 Å². The fourth-order valence-corrected chi connectivity index (χ4v) is 2.29. The first-order chi connectivity index (χ1) is 8.69. The molecule has 1 aliphatic rings. The molecular formula is C13H22N4O. The first-order valence-corrected chi connectivity index (χ1v) is 6.51. The second-order valence-electron chi connectivity index (χ2n) is 4.84. The SMILES string of the molecule is CNc1cc(N(C)CC2CCOCC2)nc(C)n1. The highest BCUT2D eigenvalue weighted by atomic mass is 16.5. The first-order valence-electron chi connectivity index (χ1n) is 6.51. The van der Waals surface area contributed by atoms with E-state index in [1.807, 2.05) is 20.0 Å². The van der Waals surface area contributed by atoms with Crippen LogP contribution in [0, 0.1) is 12.8 Å². The molecule has 0 amide bonds. The van der Waals surface area contributed by atoms with Gasteiger partial charge in [-0.25, -0.2) is 9.97 Å². The van der Waals surface area contributed by atoms with Crippen LogP contribution in [0.5, 0.6) is 0 Å². The molecule has 1 aliphatic heterocycles. The molecule has 0 saturated carbocycles. The van der Waals surface area contributed by atoms with Crippen molar-refractivity contribution >= 4 is 11.6 Å². The van der Waals surface area contributed by atoms with Crippen molar-refractivity contribution in [3.8, 4) is 0 Å². The summed E-state index contributed by atoms with van der Waals surface area (Å²) in [4.78, 5) is 11.0. The third-order valence-electron chi connectivity index (χ3n) is 3.34. The van der Waals surface area contributed by atoms with E-state index in [2.05, 4.69) is 27.2 Å². The standard InChI is InChI=1S/C13H22N4O/c1-10-15-12(14-2)8-13(16-10)17(3)9-11-4-6-18-7-5-11/h8,11H,4-7,9H2,1-3H3,(H,14,15,16). The Balaban J connectivity index is 2.02. The molecular weight excluding hydrogens is 228 g/mol. The average Bonchev–Trinajstić information content (AvgIpc) is 2.39. The van der Waals surface area contributed by atoms with Gasteiger partial charge in [-0.15, -0.1) is 0 Å². The molecule has 0 aromatic carbocycles. The molecule has 0 aliphatic carbocycles. The lowest BCUT2D eigenvalue weighted by molar-refractivity contribution is 0.0685. The molecule has 1 aromatic rings.